The Hall–Kier alpha value is -4.11. The number of aliphatic hydroxyl groups is 2. The number of methoxy groups -OCH3 is 1. The molecule has 0 spiro atoms. The Bertz CT molecular complexity index is 1160. The number of benzene rings is 2. The Balaban J connectivity index is 0.000000349. The summed E-state index contributed by atoms with van der Waals surface area (Å²) < 4.78 is 10.9. The maximum Gasteiger partial charge on any atom is 0.336 e. The number of ether oxygens (including phenoxy) is 2. The summed E-state index contributed by atoms with van der Waals surface area (Å²) in [6, 6.07) is 15.7. The van der Waals surface area contributed by atoms with E-state index in [1.807, 2.05) is 42.5 Å². The van der Waals surface area contributed by atoms with E-state index in [-0.39, 0.29) is 6.61 Å². The summed E-state index contributed by atoms with van der Waals surface area (Å²) in [5.74, 6) is -0.993. The van der Waals surface area contributed by atoms with Gasteiger partial charge in [0.15, 0.2) is 5.60 Å². The molecule has 210 valence electrons. The Morgan fingerprint density at radius 3 is 2.18 bits per heavy atom. The van der Waals surface area contributed by atoms with Gasteiger partial charge in [-0.15, -0.1) is 6.42 Å². The average Bonchev–Trinajstić information content (AvgIpc) is 2.88. The molecule has 0 aromatic heterocycles. The number of carboxylic acids is 3. The van der Waals surface area contributed by atoms with Crippen LogP contribution in [-0.2, 0) is 26.5 Å². The molecule has 1 heterocycles. The minimum absolute atomic E-state index is 0.277. The number of hydrogen-bond donors (Lipinski definition) is 5. The standard InChI is InChI=1S/C22H25NO3.C6H8O7/c1-3-15-26-19-8-6-7-18(16-19)17-23-13-11-22(24,12-14-23)20-9-4-5-10-21(20)25-2;7-3(8)1-6(13,5(11)12)2-4(9)10/h1,4-10,16,24H,11-15,17H2,2H3;13H,1-2H2,(H,7,8)(H,9,10)(H,11,12). The van der Waals surface area contributed by atoms with Crippen LogP contribution in [0.3, 0.4) is 0 Å². The number of hydrogen-bond acceptors (Lipinski definition) is 8. The number of likely N-dealkylation sites (tertiary alicyclic amines) is 1. The number of rotatable bonds is 11. The summed E-state index contributed by atoms with van der Waals surface area (Å²) in [4.78, 5) is 32.8. The summed E-state index contributed by atoms with van der Waals surface area (Å²) in [5, 5.41) is 44.9. The van der Waals surface area contributed by atoms with Crippen LogP contribution in [0.15, 0.2) is 48.5 Å². The van der Waals surface area contributed by atoms with Crippen molar-refractivity contribution >= 4 is 17.9 Å². The molecule has 3 rings (SSSR count). The second-order valence-corrected chi connectivity index (χ2v) is 9.13. The number of piperidine rings is 1. The third-order valence-corrected chi connectivity index (χ3v) is 6.20. The lowest BCUT2D eigenvalue weighted by molar-refractivity contribution is -0.170. The van der Waals surface area contributed by atoms with E-state index in [4.69, 9.17) is 36.3 Å². The minimum Gasteiger partial charge on any atom is -0.496 e. The smallest absolute Gasteiger partial charge is 0.336 e. The molecule has 39 heavy (non-hydrogen) atoms. The third-order valence-electron chi connectivity index (χ3n) is 6.20. The molecule has 0 amide bonds. The molecule has 2 aromatic rings. The lowest BCUT2D eigenvalue weighted by Crippen LogP contribution is -2.42. The highest BCUT2D eigenvalue weighted by Crippen LogP contribution is 2.38. The van der Waals surface area contributed by atoms with Gasteiger partial charge >= 0.3 is 17.9 Å². The number of aliphatic carboxylic acids is 3. The van der Waals surface area contributed by atoms with Gasteiger partial charge in [0.05, 0.1) is 25.6 Å². The van der Waals surface area contributed by atoms with E-state index < -0.39 is 42.0 Å². The Morgan fingerprint density at radius 2 is 1.64 bits per heavy atom. The fourth-order valence-corrected chi connectivity index (χ4v) is 4.21. The molecule has 0 bridgehead atoms. The normalized spacial score (nSPS) is 14.7. The molecule has 1 aliphatic heterocycles. The van der Waals surface area contributed by atoms with Crippen LogP contribution in [-0.4, -0.2) is 80.7 Å². The summed E-state index contributed by atoms with van der Waals surface area (Å²) in [5.41, 5.74) is -1.51. The van der Waals surface area contributed by atoms with E-state index in [0.717, 1.165) is 36.7 Å². The second kappa shape index (κ2) is 14.2. The van der Waals surface area contributed by atoms with Gasteiger partial charge < -0.3 is 35.0 Å². The molecular weight excluding hydrogens is 510 g/mol. The van der Waals surface area contributed by atoms with Gasteiger partial charge in [0, 0.05) is 25.2 Å². The molecule has 11 nitrogen and oxygen atoms in total. The fraction of sp³-hybridized carbons (Fsp3) is 0.393. The number of carboxylic acid groups (broad SMARTS) is 3. The van der Waals surface area contributed by atoms with Gasteiger partial charge in [-0.05, 0) is 36.6 Å². The van der Waals surface area contributed by atoms with Crippen molar-refractivity contribution < 1.29 is 49.4 Å². The number of carbonyl (C=O) groups is 3. The van der Waals surface area contributed by atoms with Crippen molar-refractivity contribution in [2.45, 2.75) is 43.4 Å². The van der Waals surface area contributed by atoms with Gasteiger partial charge in [0.2, 0.25) is 0 Å². The van der Waals surface area contributed by atoms with Gasteiger partial charge in [-0.2, -0.15) is 0 Å². The number of terminal acetylenes is 1. The molecule has 1 fully saturated rings. The van der Waals surface area contributed by atoms with Crippen molar-refractivity contribution in [3.63, 3.8) is 0 Å². The lowest BCUT2D eigenvalue weighted by atomic mass is 9.84. The first-order valence-electron chi connectivity index (χ1n) is 12.1. The molecule has 2 aromatic carbocycles. The first kappa shape index (κ1) is 31.1. The van der Waals surface area contributed by atoms with Gasteiger partial charge in [0.1, 0.15) is 18.1 Å². The van der Waals surface area contributed by atoms with Crippen molar-refractivity contribution in [1.29, 1.82) is 0 Å². The SMILES string of the molecule is C#CCOc1cccc(CN2CCC(O)(c3ccccc3OC)CC2)c1.O=C(O)CC(O)(CC(=O)O)C(=O)O. The molecule has 0 saturated carbocycles. The van der Waals surface area contributed by atoms with Gasteiger partial charge in [-0.3, -0.25) is 14.5 Å². The first-order valence-corrected chi connectivity index (χ1v) is 12.1. The minimum atomic E-state index is -2.74. The third kappa shape index (κ3) is 9.30. The molecule has 0 unspecified atom stereocenters. The second-order valence-electron chi connectivity index (χ2n) is 9.13. The molecular formula is C28H33NO10. The molecule has 11 heteroatoms. The fourth-order valence-electron chi connectivity index (χ4n) is 4.21. The average molecular weight is 544 g/mol. The topological polar surface area (TPSA) is 174 Å². The van der Waals surface area contributed by atoms with E-state index in [9.17, 15) is 19.5 Å². The molecule has 1 saturated heterocycles. The largest absolute Gasteiger partial charge is 0.496 e. The van der Waals surface area contributed by atoms with Gasteiger partial charge in [-0.1, -0.05) is 36.3 Å². The van der Waals surface area contributed by atoms with Crippen molar-refractivity contribution in [2.75, 3.05) is 26.8 Å². The van der Waals surface area contributed by atoms with Crippen molar-refractivity contribution in [2.24, 2.45) is 0 Å². The summed E-state index contributed by atoms with van der Waals surface area (Å²) in [6.07, 6.45) is 4.32. The van der Waals surface area contributed by atoms with Crippen LogP contribution in [0.25, 0.3) is 0 Å². The maximum absolute atomic E-state index is 11.1. The zero-order valence-electron chi connectivity index (χ0n) is 21.6. The van der Waals surface area contributed by atoms with Gasteiger partial charge in [-0.25, -0.2) is 4.79 Å². The highest BCUT2D eigenvalue weighted by molar-refractivity contribution is 5.88. The van der Waals surface area contributed by atoms with Crippen molar-refractivity contribution in [3.05, 3.63) is 59.7 Å². The summed E-state index contributed by atoms with van der Waals surface area (Å²) in [6.45, 7) is 2.75. The van der Waals surface area contributed by atoms with Crippen LogP contribution in [0, 0.1) is 12.3 Å². The van der Waals surface area contributed by atoms with Crippen LogP contribution in [0.4, 0.5) is 0 Å². The first-order chi connectivity index (χ1) is 18.4. The zero-order valence-corrected chi connectivity index (χ0v) is 21.6. The van der Waals surface area contributed by atoms with Crippen LogP contribution in [0.5, 0.6) is 11.5 Å². The zero-order chi connectivity index (χ0) is 29.1. The Morgan fingerprint density at radius 1 is 1.03 bits per heavy atom. The molecule has 0 atom stereocenters. The van der Waals surface area contributed by atoms with Crippen LogP contribution in [0.1, 0.15) is 36.8 Å². The Kier molecular flexibility index (Phi) is 11.3. The predicted molar refractivity (Wildman–Crippen MR) is 139 cm³/mol. The van der Waals surface area contributed by atoms with E-state index in [1.165, 1.54) is 5.56 Å². The summed E-state index contributed by atoms with van der Waals surface area (Å²) >= 11 is 0. The monoisotopic (exact) mass is 543 g/mol. The van der Waals surface area contributed by atoms with E-state index >= 15 is 0 Å². The predicted octanol–water partition coefficient (Wildman–Crippen LogP) is 1.94. The Labute approximate surface area is 226 Å². The number of para-hydroxylation sites is 1. The quantitative estimate of drug-likeness (QED) is 0.262. The van der Waals surface area contributed by atoms with Crippen molar-refractivity contribution in [1.82, 2.24) is 4.90 Å². The van der Waals surface area contributed by atoms with Gasteiger partial charge in [0.25, 0.3) is 0 Å². The molecule has 1 aliphatic rings. The molecule has 0 aliphatic carbocycles. The lowest BCUT2D eigenvalue weighted by Gasteiger charge is -2.39. The van der Waals surface area contributed by atoms with Crippen LogP contribution in [0.2, 0.25) is 0 Å². The van der Waals surface area contributed by atoms with Crippen LogP contribution >= 0.6 is 0 Å². The molecule has 5 N–H and O–H groups in total. The van der Waals surface area contributed by atoms with Crippen LogP contribution < -0.4 is 9.47 Å². The number of nitrogens with zero attached hydrogens (tertiary/aromatic N) is 1. The highest BCUT2D eigenvalue weighted by atomic mass is 16.5. The van der Waals surface area contributed by atoms with Crippen molar-refractivity contribution in [3.8, 4) is 23.8 Å². The van der Waals surface area contributed by atoms with E-state index in [0.29, 0.717) is 12.8 Å². The maximum atomic E-state index is 11.1. The highest BCUT2D eigenvalue weighted by Gasteiger charge is 2.41. The van der Waals surface area contributed by atoms with E-state index in [2.05, 4.69) is 16.9 Å². The summed E-state index contributed by atoms with van der Waals surface area (Å²) in [7, 11) is 1.65. The molecule has 0 radical (unpaired) electrons. The van der Waals surface area contributed by atoms with E-state index in [1.54, 1.807) is 7.11 Å².